The highest BCUT2D eigenvalue weighted by Crippen LogP contribution is 2.03. The van der Waals surface area contributed by atoms with Crippen LogP contribution in [0.2, 0.25) is 0 Å². The van der Waals surface area contributed by atoms with Crippen molar-refractivity contribution in [2.75, 3.05) is 13.1 Å². The molecule has 0 aliphatic heterocycles. The minimum Gasteiger partial charge on any atom is -0.339 e. The van der Waals surface area contributed by atoms with Crippen LogP contribution in [-0.4, -0.2) is 34.9 Å². The molecular weight excluding hydrogens is 190 g/mol. The molecular formula is C11H19NOSi. The summed E-state index contributed by atoms with van der Waals surface area (Å²) in [4.78, 5) is 13.5. The van der Waals surface area contributed by atoms with E-state index >= 15 is 0 Å². The summed E-state index contributed by atoms with van der Waals surface area (Å²) in [6, 6.07) is 9.38. The van der Waals surface area contributed by atoms with E-state index in [0.717, 1.165) is 18.7 Å². The van der Waals surface area contributed by atoms with Crippen molar-refractivity contribution in [2.24, 2.45) is 0 Å². The predicted octanol–water partition coefficient (Wildman–Crippen LogP) is 0.717. The fourth-order valence-corrected chi connectivity index (χ4v) is 1.27. The highest BCUT2D eigenvalue weighted by molar-refractivity contribution is 5.94. The molecule has 0 radical (unpaired) electrons. The second-order valence-electron chi connectivity index (χ2n) is 2.84. The first-order valence-corrected chi connectivity index (χ1v) is 4.64. The lowest BCUT2D eigenvalue weighted by Crippen LogP contribution is -2.30. The van der Waals surface area contributed by atoms with Gasteiger partial charge in [-0.1, -0.05) is 18.2 Å². The Morgan fingerprint density at radius 2 is 1.64 bits per heavy atom. The summed E-state index contributed by atoms with van der Waals surface area (Å²) >= 11 is 0. The van der Waals surface area contributed by atoms with Gasteiger partial charge in [0.2, 0.25) is 0 Å². The summed E-state index contributed by atoms with van der Waals surface area (Å²) in [5, 5.41) is 0. The third kappa shape index (κ3) is 2.99. The smallest absolute Gasteiger partial charge is 0.253 e. The fraction of sp³-hybridized carbons (Fsp3) is 0.364. The first kappa shape index (κ1) is 12.9. The summed E-state index contributed by atoms with van der Waals surface area (Å²) < 4.78 is 0. The van der Waals surface area contributed by atoms with Gasteiger partial charge in [0, 0.05) is 18.7 Å². The van der Waals surface area contributed by atoms with Gasteiger partial charge in [-0.05, 0) is 36.9 Å². The van der Waals surface area contributed by atoms with Crippen LogP contribution in [0.5, 0.6) is 0 Å². The summed E-state index contributed by atoms with van der Waals surface area (Å²) in [6.07, 6.45) is 0. The molecule has 2 nitrogen and oxygen atoms in total. The number of amides is 1. The molecule has 0 aliphatic rings. The molecule has 0 fully saturated rings. The normalized spacial score (nSPS) is 9.00. The van der Waals surface area contributed by atoms with E-state index in [1.165, 1.54) is 0 Å². The van der Waals surface area contributed by atoms with E-state index < -0.39 is 0 Å². The van der Waals surface area contributed by atoms with Crippen molar-refractivity contribution >= 4 is 16.9 Å². The third-order valence-electron chi connectivity index (χ3n) is 2.07. The van der Waals surface area contributed by atoms with Gasteiger partial charge < -0.3 is 4.90 Å². The number of rotatable bonds is 3. The number of hydrogen-bond acceptors (Lipinski definition) is 1. The molecule has 1 aromatic carbocycles. The van der Waals surface area contributed by atoms with E-state index in [-0.39, 0.29) is 16.9 Å². The zero-order valence-electron chi connectivity index (χ0n) is 8.16. The maximum Gasteiger partial charge on any atom is 0.253 e. The Labute approximate surface area is 90.0 Å². The fourth-order valence-electron chi connectivity index (χ4n) is 1.27. The molecule has 0 saturated heterocycles. The molecule has 0 aromatic heterocycles. The van der Waals surface area contributed by atoms with Gasteiger partial charge in [0.1, 0.15) is 0 Å². The van der Waals surface area contributed by atoms with Crippen LogP contribution in [0, 0.1) is 0 Å². The van der Waals surface area contributed by atoms with Crippen molar-refractivity contribution in [2.45, 2.75) is 13.8 Å². The van der Waals surface area contributed by atoms with Crippen LogP contribution < -0.4 is 0 Å². The lowest BCUT2D eigenvalue weighted by atomic mass is 10.2. The van der Waals surface area contributed by atoms with Crippen LogP contribution in [-0.2, 0) is 0 Å². The maximum atomic E-state index is 11.7. The molecule has 0 N–H and O–H groups in total. The van der Waals surface area contributed by atoms with Gasteiger partial charge >= 0.3 is 0 Å². The van der Waals surface area contributed by atoms with Crippen molar-refractivity contribution in [3.63, 3.8) is 0 Å². The van der Waals surface area contributed by atoms with Crippen molar-refractivity contribution < 1.29 is 4.79 Å². The molecule has 0 spiro atoms. The number of nitrogens with zero attached hydrogens (tertiary/aromatic N) is 1. The van der Waals surface area contributed by atoms with Gasteiger partial charge in [-0.2, -0.15) is 0 Å². The van der Waals surface area contributed by atoms with Gasteiger partial charge in [0.05, 0.1) is 0 Å². The second-order valence-corrected chi connectivity index (χ2v) is 2.84. The van der Waals surface area contributed by atoms with E-state index in [0.29, 0.717) is 0 Å². The zero-order chi connectivity index (χ0) is 9.68. The number of hydrogen-bond donors (Lipinski definition) is 0. The average molecular weight is 209 g/mol. The van der Waals surface area contributed by atoms with E-state index in [2.05, 4.69) is 0 Å². The van der Waals surface area contributed by atoms with Crippen LogP contribution >= 0.6 is 0 Å². The summed E-state index contributed by atoms with van der Waals surface area (Å²) in [7, 11) is 0. The molecule has 1 amide bonds. The first-order chi connectivity index (χ1) is 6.29. The topological polar surface area (TPSA) is 20.3 Å². The Kier molecular flexibility index (Phi) is 5.88. The van der Waals surface area contributed by atoms with Crippen molar-refractivity contribution in [3.05, 3.63) is 35.9 Å². The Hall–Kier alpha value is -1.09. The summed E-state index contributed by atoms with van der Waals surface area (Å²) in [5.74, 6) is 0.116. The molecule has 3 heteroatoms. The number of carbonyl (C=O) groups excluding carboxylic acids is 1. The van der Waals surface area contributed by atoms with Gasteiger partial charge in [-0.15, -0.1) is 0 Å². The van der Waals surface area contributed by atoms with Crippen LogP contribution in [0.25, 0.3) is 0 Å². The molecule has 0 atom stereocenters. The van der Waals surface area contributed by atoms with Crippen LogP contribution in [0.3, 0.4) is 0 Å². The van der Waals surface area contributed by atoms with Gasteiger partial charge in [-0.3, -0.25) is 4.79 Å². The molecule has 14 heavy (non-hydrogen) atoms. The highest BCUT2D eigenvalue weighted by Gasteiger charge is 2.10. The zero-order valence-corrected chi connectivity index (χ0v) is 8.16. The molecule has 1 rings (SSSR count). The SMILES string of the molecule is CCN(CC)C(=O)c1ccccc1.[SiH4]. The van der Waals surface area contributed by atoms with Gasteiger partial charge in [0.25, 0.3) is 5.91 Å². The van der Waals surface area contributed by atoms with Crippen molar-refractivity contribution in [1.82, 2.24) is 4.90 Å². The first-order valence-electron chi connectivity index (χ1n) is 4.64. The van der Waals surface area contributed by atoms with Crippen LogP contribution in [0.1, 0.15) is 24.2 Å². The van der Waals surface area contributed by atoms with Crippen LogP contribution in [0.15, 0.2) is 30.3 Å². The van der Waals surface area contributed by atoms with Crippen molar-refractivity contribution in [1.29, 1.82) is 0 Å². The number of benzene rings is 1. The summed E-state index contributed by atoms with van der Waals surface area (Å²) in [6.45, 7) is 5.52. The minimum atomic E-state index is 0. The molecule has 0 heterocycles. The molecule has 1 aromatic rings. The lowest BCUT2D eigenvalue weighted by Gasteiger charge is -2.18. The van der Waals surface area contributed by atoms with Gasteiger partial charge in [-0.25, -0.2) is 0 Å². The van der Waals surface area contributed by atoms with E-state index in [1.807, 2.05) is 49.1 Å². The monoisotopic (exact) mass is 209 g/mol. The Bertz CT molecular complexity index is 270. The van der Waals surface area contributed by atoms with E-state index in [4.69, 9.17) is 0 Å². The predicted molar refractivity (Wildman–Crippen MR) is 65.0 cm³/mol. The van der Waals surface area contributed by atoms with Gasteiger partial charge in [0.15, 0.2) is 0 Å². The van der Waals surface area contributed by atoms with E-state index in [1.54, 1.807) is 0 Å². The average Bonchev–Trinajstić information content (AvgIpc) is 2.21. The highest BCUT2D eigenvalue weighted by atomic mass is 28.1. The van der Waals surface area contributed by atoms with Crippen LogP contribution in [0.4, 0.5) is 0 Å². The summed E-state index contributed by atoms with van der Waals surface area (Å²) in [5.41, 5.74) is 0.770. The second kappa shape index (κ2) is 6.37. The molecule has 0 bridgehead atoms. The minimum absolute atomic E-state index is 0. The molecule has 0 aliphatic carbocycles. The Balaban J connectivity index is 0.00000169. The number of carbonyl (C=O) groups is 1. The Morgan fingerprint density at radius 3 is 2.07 bits per heavy atom. The third-order valence-corrected chi connectivity index (χ3v) is 2.07. The lowest BCUT2D eigenvalue weighted by molar-refractivity contribution is 0.0773. The Morgan fingerprint density at radius 1 is 1.14 bits per heavy atom. The molecule has 78 valence electrons. The standard InChI is InChI=1S/C11H15NO.H4Si/c1-3-12(4-2)11(13)10-8-6-5-7-9-10;/h5-9H,3-4H2,1-2H3;1H4. The van der Waals surface area contributed by atoms with E-state index in [9.17, 15) is 4.79 Å². The maximum absolute atomic E-state index is 11.7. The van der Waals surface area contributed by atoms with Crippen molar-refractivity contribution in [3.8, 4) is 0 Å². The molecule has 0 unspecified atom stereocenters. The molecule has 0 saturated carbocycles. The quantitative estimate of drug-likeness (QED) is 0.672. The largest absolute Gasteiger partial charge is 0.339 e.